The van der Waals surface area contributed by atoms with Crippen LogP contribution >= 0.6 is 0 Å². The molecule has 0 saturated carbocycles. The molecule has 0 spiro atoms. The molecule has 3 rings (SSSR count). The Balaban J connectivity index is 1.76. The fourth-order valence-corrected chi connectivity index (χ4v) is 2.36. The van der Waals surface area contributed by atoms with Gasteiger partial charge in [0.2, 0.25) is 0 Å². The SMILES string of the molecule is Cc1ccc(COn2cccc(C(=O)Nc3ccc(F)cc3F)c2=O)cc1. The van der Waals surface area contributed by atoms with E-state index in [0.29, 0.717) is 6.07 Å². The average Bonchev–Trinajstić information content (AvgIpc) is 2.64. The Morgan fingerprint density at radius 2 is 1.85 bits per heavy atom. The lowest BCUT2D eigenvalue weighted by Crippen LogP contribution is -2.32. The summed E-state index contributed by atoms with van der Waals surface area (Å²) in [5, 5.41) is 2.25. The minimum absolute atomic E-state index is 0.137. The predicted molar refractivity (Wildman–Crippen MR) is 96.5 cm³/mol. The van der Waals surface area contributed by atoms with Crippen LogP contribution in [0.15, 0.2) is 65.6 Å². The summed E-state index contributed by atoms with van der Waals surface area (Å²) in [5.41, 5.74) is 0.810. The molecule has 0 bridgehead atoms. The normalized spacial score (nSPS) is 10.5. The lowest BCUT2D eigenvalue weighted by Gasteiger charge is -2.11. The maximum Gasteiger partial charge on any atom is 0.295 e. The van der Waals surface area contributed by atoms with Gasteiger partial charge in [0.25, 0.3) is 11.5 Å². The van der Waals surface area contributed by atoms with Gasteiger partial charge in [0.05, 0.1) is 5.69 Å². The van der Waals surface area contributed by atoms with Gasteiger partial charge in [-0.25, -0.2) is 8.78 Å². The maximum absolute atomic E-state index is 13.7. The molecule has 1 amide bonds. The van der Waals surface area contributed by atoms with E-state index < -0.39 is 23.1 Å². The van der Waals surface area contributed by atoms with Gasteiger partial charge in [-0.3, -0.25) is 9.59 Å². The molecule has 0 atom stereocenters. The fraction of sp³-hybridized carbons (Fsp3) is 0.100. The molecule has 5 nitrogen and oxygen atoms in total. The van der Waals surface area contributed by atoms with Crippen molar-refractivity contribution < 1.29 is 18.4 Å². The smallest absolute Gasteiger partial charge is 0.295 e. The van der Waals surface area contributed by atoms with Crippen LogP contribution in [0.3, 0.4) is 0 Å². The van der Waals surface area contributed by atoms with Crippen LogP contribution in [-0.2, 0) is 6.61 Å². The first-order chi connectivity index (χ1) is 12.9. The van der Waals surface area contributed by atoms with Crippen molar-refractivity contribution in [2.45, 2.75) is 13.5 Å². The molecule has 1 aromatic heterocycles. The summed E-state index contributed by atoms with van der Waals surface area (Å²) in [6.45, 7) is 2.10. The topological polar surface area (TPSA) is 60.3 Å². The number of halogens is 2. The molecule has 3 aromatic rings. The van der Waals surface area contributed by atoms with Crippen molar-refractivity contribution in [3.8, 4) is 0 Å². The molecule has 0 aliphatic rings. The van der Waals surface area contributed by atoms with Gasteiger partial charge in [-0.15, -0.1) is 0 Å². The number of aromatic nitrogens is 1. The summed E-state index contributed by atoms with van der Waals surface area (Å²) in [4.78, 5) is 30.2. The van der Waals surface area contributed by atoms with Gasteiger partial charge in [0.15, 0.2) is 0 Å². The number of hydrogen-bond acceptors (Lipinski definition) is 3. The Morgan fingerprint density at radius 3 is 2.56 bits per heavy atom. The van der Waals surface area contributed by atoms with Gasteiger partial charge in [0.1, 0.15) is 23.8 Å². The Kier molecular flexibility index (Phi) is 5.30. The molecule has 1 heterocycles. The Hall–Kier alpha value is -3.48. The Bertz CT molecular complexity index is 1030. The van der Waals surface area contributed by atoms with E-state index >= 15 is 0 Å². The third-order valence-electron chi connectivity index (χ3n) is 3.83. The Labute approximate surface area is 153 Å². The molecule has 1 N–H and O–H groups in total. The Morgan fingerprint density at radius 1 is 1.11 bits per heavy atom. The number of hydrogen-bond donors (Lipinski definition) is 1. The lowest BCUT2D eigenvalue weighted by molar-refractivity contribution is 0.0863. The van der Waals surface area contributed by atoms with E-state index in [4.69, 9.17) is 4.84 Å². The van der Waals surface area contributed by atoms with Gasteiger partial charge >= 0.3 is 0 Å². The van der Waals surface area contributed by atoms with Crippen molar-refractivity contribution >= 4 is 11.6 Å². The third-order valence-corrected chi connectivity index (χ3v) is 3.83. The highest BCUT2D eigenvalue weighted by atomic mass is 19.1. The molecule has 0 unspecified atom stereocenters. The summed E-state index contributed by atoms with van der Waals surface area (Å²) in [7, 11) is 0. The average molecular weight is 370 g/mol. The zero-order chi connectivity index (χ0) is 19.4. The molecule has 2 aromatic carbocycles. The number of rotatable bonds is 5. The maximum atomic E-state index is 13.7. The van der Waals surface area contributed by atoms with Crippen molar-refractivity contribution in [2.75, 3.05) is 5.32 Å². The molecule has 7 heteroatoms. The van der Waals surface area contributed by atoms with Crippen molar-refractivity contribution in [2.24, 2.45) is 0 Å². The number of amides is 1. The predicted octanol–water partition coefficient (Wildman–Crippen LogP) is 3.32. The summed E-state index contributed by atoms with van der Waals surface area (Å²) in [5.74, 6) is -2.52. The van der Waals surface area contributed by atoms with Crippen molar-refractivity contribution in [3.63, 3.8) is 0 Å². The van der Waals surface area contributed by atoms with Crippen LogP contribution in [0.1, 0.15) is 21.5 Å². The van der Waals surface area contributed by atoms with Crippen LogP contribution in [0, 0.1) is 18.6 Å². The molecule has 27 heavy (non-hydrogen) atoms. The van der Waals surface area contributed by atoms with E-state index in [9.17, 15) is 18.4 Å². The zero-order valence-electron chi connectivity index (χ0n) is 14.4. The zero-order valence-corrected chi connectivity index (χ0v) is 14.4. The van der Waals surface area contributed by atoms with E-state index in [1.165, 1.54) is 18.3 Å². The standard InChI is InChI=1S/C20H16F2N2O3/c1-13-4-6-14(7-5-13)12-27-24-10-2-3-16(20(24)26)19(25)23-18-9-8-15(21)11-17(18)22/h2-11H,12H2,1H3,(H,23,25). The second-order valence-corrected chi connectivity index (χ2v) is 5.89. The summed E-state index contributed by atoms with van der Waals surface area (Å²) >= 11 is 0. The number of aryl methyl sites for hydroxylation is 1. The largest absolute Gasteiger partial charge is 0.406 e. The highest BCUT2D eigenvalue weighted by molar-refractivity contribution is 6.04. The van der Waals surface area contributed by atoms with E-state index in [2.05, 4.69) is 5.32 Å². The van der Waals surface area contributed by atoms with Crippen LogP contribution in [0.2, 0.25) is 0 Å². The number of benzene rings is 2. The molecular weight excluding hydrogens is 354 g/mol. The van der Waals surface area contributed by atoms with E-state index in [1.54, 1.807) is 0 Å². The summed E-state index contributed by atoms with van der Waals surface area (Å²) in [6.07, 6.45) is 1.38. The van der Waals surface area contributed by atoms with E-state index in [0.717, 1.165) is 28.0 Å². The first kappa shape index (κ1) is 18.3. The molecule has 0 aliphatic heterocycles. The van der Waals surface area contributed by atoms with Crippen molar-refractivity contribution in [3.05, 3.63) is 99.5 Å². The third kappa shape index (κ3) is 4.38. The highest BCUT2D eigenvalue weighted by Crippen LogP contribution is 2.15. The van der Waals surface area contributed by atoms with Crippen molar-refractivity contribution in [1.29, 1.82) is 0 Å². The van der Waals surface area contributed by atoms with Gasteiger partial charge < -0.3 is 10.2 Å². The van der Waals surface area contributed by atoms with Gasteiger partial charge in [-0.2, -0.15) is 4.73 Å². The molecule has 0 saturated heterocycles. The van der Waals surface area contributed by atoms with Crippen LogP contribution in [0.25, 0.3) is 0 Å². The first-order valence-electron chi connectivity index (χ1n) is 8.11. The monoisotopic (exact) mass is 370 g/mol. The highest BCUT2D eigenvalue weighted by Gasteiger charge is 2.15. The number of nitrogens with zero attached hydrogens (tertiary/aromatic N) is 1. The number of nitrogens with one attached hydrogen (secondary N) is 1. The summed E-state index contributed by atoms with van der Waals surface area (Å²) < 4.78 is 27.6. The number of pyridine rings is 1. The molecule has 0 radical (unpaired) electrons. The minimum Gasteiger partial charge on any atom is -0.406 e. The van der Waals surface area contributed by atoms with Crippen LogP contribution in [0.4, 0.5) is 14.5 Å². The number of carbonyl (C=O) groups excluding carboxylic acids is 1. The molecule has 0 fully saturated rings. The quantitative estimate of drug-likeness (QED) is 0.750. The van der Waals surface area contributed by atoms with Gasteiger partial charge in [-0.05, 0) is 36.8 Å². The second kappa shape index (κ2) is 7.82. The van der Waals surface area contributed by atoms with Crippen LogP contribution < -0.4 is 15.7 Å². The lowest BCUT2D eigenvalue weighted by atomic mass is 10.2. The molecule has 138 valence electrons. The fourth-order valence-electron chi connectivity index (χ4n) is 2.36. The number of carbonyl (C=O) groups is 1. The van der Waals surface area contributed by atoms with Crippen LogP contribution in [-0.4, -0.2) is 10.6 Å². The second-order valence-electron chi connectivity index (χ2n) is 5.89. The van der Waals surface area contributed by atoms with Crippen LogP contribution in [0.5, 0.6) is 0 Å². The first-order valence-corrected chi connectivity index (χ1v) is 8.11. The van der Waals surface area contributed by atoms with Gasteiger partial charge in [0, 0.05) is 12.3 Å². The molecule has 0 aliphatic carbocycles. The number of anilines is 1. The molecular formula is C20H16F2N2O3. The van der Waals surface area contributed by atoms with Gasteiger partial charge in [-0.1, -0.05) is 29.8 Å². The minimum atomic E-state index is -0.935. The summed E-state index contributed by atoms with van der Waals surface area (Å²) in [6, 6.07) is 13.1. The van der Waals surface area contributed by atoms with E-state index in [-0.39, 0.29) is 17.9 Å². The van der Waals surface area contributed by atoms with Crippen molar-refractivity contribution in [1.82, 2.24) is 4.73 Å². The van der Waals surface area contributed by atoms with E-state index in [1.807, 2.05) is 31.2 Å².